The molecular weight excluding hydrogens is 387 g/mol. The number of fused-ring (bicyclic) bond motifs is 1. The summed E-state index contributed by atoms with van der Waals surface area (Å²) in [5, 5.41) is 19.4. The van der Waals surface area contributed by atoms with Crippen molar-refractivity contribution in [2.24, 2.45) is 0 Å². The number of H-pyrrole nitrogens is 1. The number of phenolic OH excluding ortho intramolecular Hbond substituents is 1. The molecule has 0 saturated carbocycles. The molecule has 10 heteroatoms. The van der Waals surface area contributed by atoms with Crippen molar-refractivity contribution < 1.29 is 23.1 Å². The molecule has 1 aromatic carbocycles. The van der Waals surface area contributed by atoms with Crippen molar-refractivity contribution in [1.82, 2.24) is 25.4 Å². The Labute approximate surface area is 163 Å². The largest absolute Gasteiger partial charge is 0.508 e. The van der Waals surface area contributed by atoms with Crippen LogP contribution in [-0.4, -0.2) is 62.9 Å². The molecule has 1 atom stereocenters. The van der Waals surface area contributed by atoms with E-state index in [1.165, 1.54) is 18.2 Å². The third-order valence-corrected chi connectivity index (χ3v) is 4.99. The Morgan fingerprint density at radius 2 is 2.00 bits per heavy atom. The number of aromatic amines is 1. The van der Waals surface area contributed by atoms with Crippen LogP contribution < -0.4 is 5.32 Å². The van der Waals surface area contributed by atoms with Crippen LogP contribution in [0.5, 0.6) is 5.75 Å². The van der Waals surface area contributed by atoms with Gasteiger partial charge in [0.25, 0.3) is 5.91 Å². The number of aryl methyl sites for hydroxylation is 1. The highest BCUT2D eigenvalue weighted by Crippen LogP contribution is 2.31. The van der Waals surface area contributed by atoms with Gasteiger partial charge in [-0.3, -0.25) is 9.89 Å². The van der Waals surface area contributed by atoms with Gasteiger partial charge >= 0.3 is 6.18 Å². The molecule has 152 valence electrons. The molecule has 2 aromatic heterocycles. The van der Waals surface area contributed by atoms with Gasteiger partial charge in [-0.15, -0.1) is 0 Å². The van der Waals surface area contributed by atoms with Crippen LogP contribution in [0.4, 0.5) is 13.2 Å². The summed E-state index contributed by atoms with van der Waals surface area (Å²) in [6.07, 6.45) is -4.54. The molecule has 29 heavy (non-hydrogen) atoms. The summed E-state index contributed by atoms with van der Waals surface area (Å²) in [6, 6.07) is 5.74. The Balaban J connectivity index is 1.84. The Morgan fingerprint density at radius 3 is 2.69 bits per heavy atom. The molecule has 1 unspecified atom stereocenters. The molecule has 1 fully saturated rings. The van der Waals surface area contributed by atoms with E-state index in [1.807, 2.05) is 0 Å². The molecule has 0 bridgehead atoms. The third-order valence-electron chi connectivity index (χ3n) is 4.99. The maximum Gasteiger partial charge on any atom is 0.410 e. The first-order valence-corrected chi connectivity index (χ1v) is 8.99. The number of pyridine rings is 1. The molecule has 3 heterocycles. The first kappa shape index (κ1) is 19.2. The zero-order valence-electron chi connectivity index (χ0n) is 15.4. The van der Waals surface area contributed by atoms with Gasteiger partial charge in [-0.2, -0.15) is 18.3 Å². The van der Waals surface area contributed by atoms with Crippen LogP contribution in [0, 0.1) is 6.92 Å². The summed E-state index contributed by atoms with van der Waals surface area (Å²) in [4.78, 5) is 18.6. The summed E-state index contributed by atoms with van der Waals surface area (Å²) in [5.74, 6) is -0.650. The van der Waals surface area contributed by atoms with E-state index < -0.39 is 18.1 Å². The maximum atomic E-state index is 13.5. The van der Waals surface area contributed by atoms with Gasteiger partial charge < -0.3 is 15.3 Å². The number of amides is 1. The van der Waals surface area contributed by atoms with Crippen LogP contribution in [0.25, 0.3) is 22.3 Å². The molecule has 1 aliphatic heterocycles. The minimum atomic E-state index is -4.54. The topological polar surface area (TPSA) is 94.1 Å². The van der Waals surface area contributed by atoms with Gasteiger partial charge in [-0.1, -0.05) is 0 Å². The SMILES string of the molecule is Cc1n[nH]c2nc(-c3ccc(O)cc3)cc(C(=O)N3CCNCC3C(F)(F)F)c12. The van der Waals surface area contributed by atoms with E-state index in [2.05, 4.69) is 20.5 Å². The number of hydrogen-bond donors (Lipinski definition) is 3. The fraction of sp³-hybridized carbons (Fsp3) is 0.316. The Morgan fingerprint density at radius 1 is 1.28 bits per heavy atom. The molecular formula is C19H18F3N5O2. The first-order chi connectivity index (χ1) is 13.8. The second kappa shape index (κ2) is 7.03. The summed E-state index contributed by atoms with van der Waals surface area (Å²) in [6.45, 7) is 1.54. The van der Waals surface area contributed by atoms with Crippen LogP contribution in [0.2, 0.25) is 0 Å². The van der Waals surface area contributed by atoms with Crippen LogP contribution in [0.3, 0.4) is 0 Å². The Hall–Kier alpha value is -3.14. The molecule has 1 aliphatic rings. The van der Waals surface area contributed by atoms with E-state index in [1.54, 1.807) is 19.1 Å². The second-order valence-electron chi connectivity index (χ2n) is 6.89. The number of benzene rings is 1. The molecule has 0 radical (unpaired) electrons. The number of carbonyl (C=O) groups is 1. The zero-order chi connectivity index (χ0) is 20.8. The van der Waals surface area contributed by atoms with Gasteiger partial charge in [-0.05, 0) is 37.3 Å². The van der Waals surface area contributed by atoms with E-state index in [0.717, 1.165) is 4.90 Å². The van der Waals surface area contributed by atoms with Crippen LogP contribution in [0.1, 0.15) is 16.1 Å². The second-order valence-corrected chi connectivity index (χ2v) is 6.89. The highest BCUT2D eigenvalue weighted by atomic mass is 19.4. The monoisotopic (exact) mass is 405 g/mol. The normalized spacial score (nSPS) is 17.7. The summed E-state index contributed by atoms with van der Waals surface area (Å²) < 4.78 is 40.5. The van der Waals surface area contributed by atoms with Crippen molar-refractivity contribution in [3.05, 3.63) is 41.6 Å². The Kier molecular flexibility index (Phi) is 4.65. The number of nitrogens with zero attached hydrogens (tertiary/aromatic N) is 3. The number of aromatic hydroxyl groups is 1. The number of nitrogens with one attached hydrogen (secondary N) is 2. The van der Waals surface area contributed by atoms with E-state index in [0.29, 0.717) is 28.0 Å². The lowest BCUT2D eigenvalue weighted by Gasteiger charge is -2.37. The number of piperazine rings is 1. The average Bonchev–Trinajstić information content (AvgIpc) is 3.07. The van der Waals surface area contributed by atoms with Crippen LogP contribution >= 0.6 is 0 Å². The smallest absolute Gasteiger partial charge is 0.410 e. The van der Waals surface area contributed by atoms with Crippen molar-refractivity contribution in [2.75, 3.05) is 19.6 Å². The highest BCUT2D eigenvalue weighted by molar-refractivity contribution is 6.07. The third kappa shape index (κ3) is 3.51. The molecule has 1 saturated heterocycles. The van der Waals surface area contributed by atoms with E-state index in [4.69, 9.17) is 0 Å². The van der Waals surface area contributed by atoms with Gasteiger partial charge in [0.15, 0.2) is 5.65 Å². The van der Waals surface area contributed by atoms with Crippen molar-refractivity contribution in [3.8, 4) is 17.0 Å². The highest BCUT2D eigenvalue weighted by Gasteiger charge is 2.46. The number of halogens is 3. The van der Waals surface area contributed by atoms with Crippen molar-refractivity contribution >= 4 is 16.9 Å². The quantitative estimate of drug-likeness (QED) is 0.609. The number of phenols is 1. The molecule has 0 spiro atoms. The van der Waals surface area contributed by atoms with Crippen molar-refractivity contribution in [2.45, 2.75) is 19.1 Å². The lowest BCUT2D eigenvalue weighted by Crippen LogP contribution is -2.59. The van der Waals surface area contributed by atoms with Crippen molar-refractivity contribution in [1.29, 1.82) is 0 Å². The fourth-order valence-corrected chi connectivity index (χ4v) is 3.53. The van der Waals surface area contributed by atoms with Crippen LogP contribution in [-0.2, 0) is 0 Å². The van der Waals surface area contributed by atoms with Gasteiger partial charge in [-0.25, -0.2) is 4.98 Å². The summed E-state index contributed by atoms with van der Waals surface area (Å²) >= 11 is 0. The maximum absolute atomic E-state index is 13.5. The molecule has 0 aliphatic carbocycles. The van der Waals surface area contributed by atoms with E-state index in [-0.39, 0.29) is 30.9 Å². The number of alkyl halides is 3. The zero-order valence-corrected chi connectivity index (χ0v) is 15.4. The lowest BCUT2D eigenvalue weighted by atomic mass is 10.0. The molecule has 3 aromatic rings. The van der Waals surface area contributed by atoms with Gasteiger partial charge in [0.1, 0.15) is 11.8 Å². The average molecular weight is 405 g/mol. The first-order valence-electron chi connectivity index (χ1n) is 8.99. The van der Waals surface area contributed by atoms with E-state index in [9.17, 15) is 23.1 Å². The fourth-order valence-electron chi connectivity index (χ4n) is 3.53. The van der Waals surface area contributed by atoms with E-state index >= 15 is 0 Å². The number of aromatic nitrogens is 3. The number of hydrogen-bond acceptors (Lipinski definition) is 5. The standard InChI is InChI=1S/C19H18F3N5O2/c1-10-16-13(18(29)27-7-6-23-9-15(27)19(20,21)22)8-14(24-17(16)26-25-10)11-2-4-12(28)5-3-11/h2-5,8,15,23,28H,6-7,9H2,1H3,(H,24,25,26). The minimum Gasteiger partial charge on any atom is -0.508 e. The summed E-state index contributed by atoms with van der Waals surface area (Å²) in [7, 11) is 0. The van der Waals surface area contributed by atoms with Crippen LogP contribution in [0.15, 0.2) is 30.3 Å². The Bertz CT molecular complexity index is 1060. The molecule has 3 N–H and O–H groups in total. The molecule has 7 nitrogen and oxygen atoms in total. The van der Waals surface area contributed by atoms with Gasteiger partial charge in [0.05, 0.1) is 22.3 Å². The summed E-state index contributed by atoms with van der Waals surface area (Å²) in [5.41, 5.74) is 1.91. The predicted octanol–water partition coefficient (Wildman–Crippen LogP) is 2.62. The predicted molar refractivity (Wildman–Crippen MR) is 99.5 cm³/mol. The minimum absolute atomic E-state index is 0.0573. The molecule has 1 amide bonds. The number of rotatable bonds is 2. The number of carbonyl (C=O) groups excluding carboxylic acids is 1. The lowest BCUT2D eigenvalue weighted by molar-refractivity contribution is -0.179. The van der Waals surface area contributed by atoms with Crippen molar-refractivity contribution in [3.63, 3.8) is 0 Å². The van der Waals surface area contributed by atoms with Gasteiger partial charge in [0, 0.05) is 25.2 Å². The van der Waals surface area contributed by atoms with Gasteiger partial charge in [0.2, 0.25) is 0 Å². The molecule has 4 rings (SSSR count).